The van der Waals surface area contributed by atoms with Crippen molar-refractivity contribution in [3.05, 3.63) is 40.9 Å². The Bertz CT molecular complexity index is 827. The van der Waals surface area contributed by atoms with Gasteiger partial charge < -0.3 is 14.2 Å². The fourth-order valence-electron chi connectivity index (χ4n) is 2.23. The van der Waals surface area contributed by atoms with Crippen molar-refractivity contribution in [2.75, 3.05) is 26.1 Å². The van der Waals surface area contributed by atoms with E-state index in [1.165, 1.54) is 39.5 Å². The smallest absolute Gasteiger partial charge is 0.262 e. The summed E-state index contributed by atoms with van der Waals surface area (Å²) in [5, 5.41) is 0.378. The number of ether oxygens (including phenoxy) is 3. The Morgan fingerprint density at radius 1 is 1.00 bits per heavy atom. The van der Waals surface area contributed by atoms with Gasteiger partial charge in [0.15, 0.2) is 11.5 Å². The molecule has 0 aliphatic heterocycles. The van der Waals surface area contributed by atoms with Gasteiger partial charge in [-0.25, -0.2) is 8.42 Å². The van der Waals surface area contributed by atoms with E-state index in [9.17, 15) is 8.42 Å². The minimum Gasteiger partial charge on any atom is -0.493 e. The van der Waals surface area contributed by atoms with Crippen molar-refractivity contribution in [1.29, 1.82) is 0 Å². The van der Waals surface area contributed by atoms with Crippen LogP contribution in [-0.2, 0) is 10.0 Å². The SMILES string of the molecule is COc1cc(NS(=O)(=O)c2cccc(Cl)c2C)cc(OC)c1OC. The molecule has 0 amide bonds. The monoisotopic (exact) mass is 371 g/mol. The van der Waals surface area contributed by atoms with Crippen LogP contribution in [0, 0.1) is 6.92 Å². The van der Waals surface area contributed by atoms with Crippen molar-refractivity contribution in [3.8, 4) is 17.2 Å². The summed E-state index contributed by atoms with van der Waals surface area (Å²) in [4.78, 5) is 0.101. The first kappa shape index (κ1) is 18.2. The van der Waals surface area contributed by atoms with E-state index in [2.05, 4.69) is 4.72 Å². The lowest BCUT2D eigenvalue weighted by molar-refractivity contribution is 0.325. The maximum absolute atomic E-state index is 12.6. The summed E-state index contributed by atoms with van der Waals surface area (Å²) < 4.78 is 43.5. The van der Waals surface area contributed by atoms with Crippen LogP contribution in [0.1, 0.15) is 5.56 Å². The zero-order valence-electron chi connectivity index (χ0n) is 13.7. The summed E-state index contributed by atoms with van der Waals surface area (Å²) in [6.07, 6.45) is 0. The molecule has 1 N–H and O–H groups in total. The van der Waals surface area contributed by atoms with Gasteiger partial charge in [0.05, 0.1) is 31.9 Å². The van der Waals surface area contributed by atoms with E-state index in [1.807, 2.05) is 0 Å². The Balaban J connectivity index is 2.48. The highest BCUT2D eigenvalue weighted by Gasteiger charge is 2.21. The quantitative estimate of drug-likeness (QED) is 0.841. The minimum absolute atomic E-state index is 0.101. The van der Waals surface area contributed by atoms with Crippen LogP contribution < -0.4 is 18.9 Å². The van der Waals surface area contributed by atoms with Crippen molar-refractivity contribution in [2.24, 2.45) is 0 Å². The molecule has 24 heavy (non-hydrogen) atoms. The molecule has 0 saturated carbocycles. The molecule has 0 aliphatic carbocycles. The average Bonchev–Trinajstić information content (AvgIpc) is 2.55. The predicted molar refractivity (Wildman–Crippen MR) is 93.1 cm³/mol. The first-order chi connectivity index (χ1) is 11.3. The number of halogens is 1. The number of sulfonamides is 1. The van der Waals surface area contributed by atoms with Gasteiger partial charge in [0.1, 0.15) is 0 Å². The number of hydrogen-bond donors (Lipinski definition) is 1. The Labute approximate surface area is 146 Å². The fourth-order valence-corrected chi connectivity index (χ4v) is 3.77. The topological polar surface area (TPSA) is 73.9 Å². The first-order valence-electron chi connectivity index (χ1n) is 6.92. The van der Waals surface area contributed by atoms with Crippen LogP contribution in [0.15, 0.2) is 35.2 Å². The van der Waals surface area contributed by atoms with Gasteiger partial charge in [-0.3, -0.25) is 4.72 Å². The van der Waals surface area contributed by atoms with Crippen molar-refractivity contribution in [3.63, 3.8) is 0 Å². The second kappa shape index (κ2) is 7.19. The van der Waals surface area contributed by atoms with E-state index in [0.717, 1.165) is 0 Å². The molecule has 0 heterocycles. The highest BCUT2D eigenvalue weighted by molar-refractivity contribution is 7.92. The molecule has 0 aromatic heterocycles. The van der Waals surface area contributed by atoms with Crippen LogP contribution in [0.3, 0.4) is 0 Å². The second-order valence-corrected chi connectivity index (χ2v) is 6.94. The van der Waals surface area contributed by atoms with Crippen molar-refractivity contribution in [1.82, 2.24) is 0 Å². The number of anilines is 1. The Kier molecular flexibility index (Phi) is 5.46. The minimum atomic E-state index is -3.82. The van der Waals surface area contributed by atoms with Gasteiger partial charge in [0.2, 0.25) is 5.75 Å². The molecule has 130 valence electrons. The molecule has 0 spiro atoms. The molecular formula is C16H18ClNO5S. The number of methoxy groups -OCH3 is 3. The van der Waals surface area contributed by atoms with E-state index in [4.69, 9.17) is 25.8 Å². The normalized spacial score (nSPS) is 11.0. The van der Waals surface area contributed by atoms with Crippen molar-refractivity contribution >= 4 is 27.3 Å². The van der Waals surface area contributed by atoms with Gasteiger partial charge in [-0.1, -0.05) is 17.7 Å². The molecular weight excluding hydrogens is 354 g/mol. The maximum Gasteiger partial charge on any atom is 0.262 e. The molecule has 0 aliphatic rings. The second-order valence-electron chi connectivity index (χ2n) is 4.88. The lowest BCUT2D eigenvalue weighted by Crippen LogP contribution is -2.14. The Morgan fingerprint density at radius 2 is 1.58 bits per heavy atom. The fraction of sp³-hybridized carbons (Fsp3) is 0.250. The third-order valence-electron chi connectivity index (χ3n) is 3.42. The van der Waals surface area contributed by atoms with Gasteiger partial charge in [0, 0.05) is 17.2 Å². The van der Waals surface area contributed by atoms with Crippen molar-refractivity contribution < 1.29 is 22.6 Å². The largest absolute Gasteiger partial charge is 0.493 e. The molecule has 2 rings (SSSR count). The number of hydrogen-bond acceptors (Lipinski definition) is 5. The zero-order valence-corrected chi connectivity index (χ0v) is 15.3. The number of nitrogens with one attached hydrogen (secondary N) is 1. The molecule has 0 bridgehead atoms. The predicted octanol–water partition coefficient (Wildman–Crippen LogP) is 3.48. The van der Waals surface area contributed by atoms with E-state index in [0.29, 0.717) is 27.8 Å². The molecule has 0 atom stereocenters. The molecule has 0 unspecified atom stereocenters. The van der Waals surface area contributed by atoms with Crippen molar-refractivity contribution in [2.45, 2.75) is 11.8 Å². The lowest BCUT2D eigenvalue weighted by Gasteiger charge is -2.16. The van der Waals surface area contributed by atoms with E-state index < -0.39 is 10.0 Å². The van der Waals surface area contributed by atoms with Crippen LogP contribution in [0.4, 0.5) is 5.69 Å². The van der Waals surface area contributed by atoms with Crippen LogP contribution in [0.2, 0.25) is 5.02 Å². The average molecular weight is 372 g/mol. The summed E-state index contributed by atoms with van der Waals surface area (Å²) in [7, 11) is 0.559. The van der Waals surface area contributed by atoms with Gasteiger partial charge >= 0.3 is 0 Å². The number of rotatable bonds is 6. The van der Waals surface area contributed by atoms with E-state index >= 15 is 0 Å². The van der Waals surface area contributed by atoms with E-state index in [-0.39, 0.29) is 10.6 Å². The standard InChI is InChI=1S/C16H18ClNO5S/c1-10-12(17)6-5-7-15(10)24(19,20)18-11-8-13(21-2)16(23-4)14(9-11)22-3/h5-9,18H,1-4H3. The van der Waals surface area contributed by atoms with Crippen LogP contribution in [0.5, 0.6) is 17.2 Å². The Hall–Kier alpha value is -2.12. The maximum atomic E-state index is 12.6. The molecule has 2 aromatic carbocycles. The summed E-state index contributed by atoms with van der Waals surface area (Å²) in [6.45, 7) is 1.64. The summed E-state index contributed by atoms with van der Waals surface area (Å²) in [6, 6.07) is 7.73. The molecule has 0 fully saturated rings. The van der Waals surface area contributed by atoms with Gasteiger partial charge in [-0.05, 0) is 24.6 Å². The third kappa shape index (κ3) is 3.52. The summed E-state index contributed by atoms with van der Waals surface area (Å²) >= 11 is 6.01. The lowest BCUT2D eigenvalue weighted by atomic mass is 10.2. The molecule has 0 saturated heterocycles. The number of benzene rings is 2. The first-order valence-corrected chi connectivity index (χ1v) is 8.78. The Morgan fingerprint density at radius 3 is 2.08 bits per heavy atom. The van der Waals surface area contributed by atoms with E-state index in [1.54, 1.807) is 19.1 Å². The molecule has 0 radical (unpaired) electrons. The molecule has 6 nitrogen and oxygen atoms in total. The third-order valence-corrected chi connectivity index (χ3v) is 5.36. The van der Waals surface area contributed by atoms with Gasteiger partial charge in [-0.15, -0.1) is 0 Å². The van der Waals surface area contributed by atoms with Crippen LogP contribution in [-0.4, -0.2) is 29.7 Å². The van der Waals surface area contributed by atoms with Gasteiger partial charge in [-0.2, -0.15) is 0 Å². The molecule has 2 aromatic rings. The summed E-state index contributed by atoms with van der Waals surface area (Å²) in [5.74, 6) is 1.07. The zero-order chi connectivity index (χ0) is 17.9. The summed E-state index contributed by atoms with van der Waals surface area (Å²) in [5.41, 5.74) is 0.753. The van der Waals surface area contributed by atoms with Crippen LogP contribution in [0.25, 0.3) is 0 Å². The van der Waals surface area contributed by atoms with Crippen LogP contribution >= 0.6 is 11.6 Å². The highest BCUT2D eigenvalue weighted by atomic mass is 35.5. The van der Waals surface area contributed by atoms with Gasteiger partial charge in [0.25, 0.3) is 10.0 Å². The highest BCUT2D eigenvalue weighted by Crippen LogP contribution is 2.40. The molecule has 8 heteroatoms.